The summed E-state index contributed by atoms with van der Waals surface area (Å²) >= 11 is 0. The minimum atomic E-state index is -2.97. The summed E-state index contributed by atoms with van der Waals surface area (Å²) in [4.78, 5) is 11.7. The molecule has 0 aliphatic heterocycles. The van der Waals surface area contributed by atoms with E-state index in [1.165, 1.54) is 18.2 Å². The molecule has 0 saturated carbocycles. The van der Waals surface area contributed by atoms with Crippen molar-refractivity contribution in [1.82, 2.24) is 0 Å². The van der Waals surface area contributed by atoms with Gasteiger partial charge >= 0.3 is 6.61 Å². The van der Waals surface area contributed by atoms with Crippen molar-refractivity contribution in [2.24, 2.45) is 5.92 Å². The number of ketones is 1. The molecule has 1 aromatic carbocycles. The Balaban J connectivity index is 2.89. The number of Topliss-reactive ketones (excluding diaryl/α,β-unsaturated/α-hetero) is 1. The Labute approximate surface area is 97.6 Å². The second-order valence-corrected chi connectivity index (χ2v) is 3.53. The van der Waals surface area contributed by atoms with Gasteiger partial charge in [0.1, 0.15) is 5.75 Å². The number of nitriles is 1. The predicted molar refractivity (Wildman–Crippen MR) is 56.8 cm³/mol. The molecule has 0 aliphatic carbocycles. The first kappa shape index (κ1) is 13.1. The van der Waals surface area contributed by atoms with Gasteiger partial charge in [0.2, 0.25) is 0 Å². The Bertz CT molecular complexity index is 440. The van der Waals surface area contributed by atoms with Gasteiger partial charge in [0.15, 0.2) is 5.78 Å². The van der Waals surface area contributed by atoms with E-state index in [0.717, 1.165) is 0 Å². The Morgan fingerprint density at radius 1 is 1.47 bits per heavy atom. The van der Waals surface area contributed by atoms with E-state index in [1.807, 2.05) is 6.07 Å². The van der Waals surface area contributed by atoms with Crippen LogP contribution in [0.4, 0.5) is 8.78 Å². The highest BCUT2D eigenvalue weighted by molar-refractivity contribution is 5.98. The maximum absolute atomic E-state index is 12.1. The fourth-order valence-electron chi connectivity index (χ4n) is 1.33. The normalized spacial score (nSPS) is 11.9. The number of hydrogen-bond donors (Lipinski definition) is 0. The van der Waals surface area contributed by atoms with E-state index >= 15 is 0 Å². The lowest BCUT2D eigenvalue weighted by Crippen LogP contribution is -2.10. The number of benzene rings is 1. The minimum Gasteiger partial charge on any atom is -0.434 e. The second kappa shape index (κ2) is 5.94. The van der Waals surface area contributed by atoms with Gasteiger partial charge in [-0.25, -0.2) is 0 Å². The molecule has 0 amide bonds. The first-order valence-corrected chi connectivity index (χ1v) is 5.01. The molecule has 1 atom stereocenters. The molecular weight excluding hydrogens is 228 g/mol. The van der Waals surface area contributed by atoms with Gasteiger partial charge < -0.3 is 4.74 Å². The van der Waals surface area contributed by atoms with E-state index in [0.29, 0.717) is 0 Å². The molecule has 17 heavy (non-hydrogen) atoms. The van der Waals surface area contributed by atoms with Crippen molar-refractivity contribution in [3.63, 3.8) is 0 Å². The van der Waals surface area contributed by atoms with Crippen LogP contribution in [0, 0.1) is 17.2 Å². The smallest absolute Gasteiger partial charge is 0.387 e. The summed E-state index contributed by atoms with van der Waals surface area (Å²) in [6.07, 6.45) is -0.0138. The van der Waals surface area contributed by atoms with E-state index in [-0.39, 0.29) is 23.5 Å². The average molecular weight is 239 g/mol. The van der Waals surface area contributed by atoms with Crippen molar-refractivity contribution in [3.8, 4) is 11.8 Å². The number of nitrogens with zero attached hydrogens (tertiary/aromatic N) is 1. The zero-order valence-electron chi connectivity index (χ0n) is 9.19. The third kappa shape index (κ3) is 3.83. The zero-order valence-corrected chi connectivity index (χ0v) is 9.19. The standard InChI is InChI=1S/C12H11F2NO2/c1-8(7-15)6-10(16)9-4-2-3-5-11(9)17-12(13)14/h2-5,8,12H,6H2,1H3. The van der Waals surface area contributed by atoms with Gasteiger partial charge in [-0.05, 0) is 19.1 Å². The van der Waals surface area contributed by atoms with Crippen LogP contribution in [0.25, 0.3) is 0 Å². The molecule has 1 unspecified atom stereocenters. The molecule has 90 valence electrons. The van der Waals surface area contributed by atoms with Crippen molar-refractivity contribution in [2.45, 2.75) is 20.0 Å². The van der Waals surface area contributed by atoms with Crippen molar-refractivity contribution in [2.75, 3.05) is 0 Å². The predicted octanol–water partition coefficient (Wildman–Crippen LogP) is 3.02. The third-order valence-electron chi connectivity index (χ3n) is 2.12. The van der Waals surface area contributed by atoms with Crippen molar-refractivity contribution < 1.29 is 18.3 Å². The maximum atomic E-state index is 12.1. The number of alkyl halides is 2. The minimum absolute atomic E-state index is 0.0138. The lowest BCUT2D eigenvalue weighted by molar-refractivity contribution is -0.0501. The summed E-state index contributed by atoms with van der Waals surface area (Å²) in [6, 6.07) is 7.69. The van der Waals surface area contributed by atoms with E-state index in [9.17, 15) is 13.6 Å². The molecular formula is C12H11F2NO2. The van der Waals surface area contributed by atoms with Gasteiger partial charge in [-0.15, -0.1) is 0 Å². The number of rotatable bonds is 5. The van der Waals surface area contributed by atoms with Crippen LogP contribution in [0.5, 0.6) is 5.75 Å². The highest BCUT2D eigenvalue weighted by Gasteiger charge is 2.17. The van der Waals surface area contributed by atoms with Gasteiger partial charge in [-0.2, -0.15) is 14.0 Å². The molecule has 0 aliphatic rings. The Morgan fingerprint density at radius 2 is 2.12 bits per heavy atom. The first-order valence-electron chi connectivity index (χ1n) is 5.01. The van der Waals surface area contributed by atoms with Crippen molar-refractivity contribution in [3.05, 3.63) is 29.8 Å². The maximum Gasteiger partial charge on any atom is 0.387 e. The van der Waals surface area contributed by atoms with Gasteiger partial charge in [-0.3, -0.25) is 4.79 Å². The fourth-order valence-corrected chi connectivity index (χ4v) is 1.33. The molecule has 1 rings (SSSR count). The summed E-state index contributed by atoms with van der Waals surface area (Å²) in [5.41, 5.74) is 0.0786. The summed E-state index contributed by atoms with van der Waals surface area (Å²) < 4.78 is 28.5. The monoisotopic (exact) mass is 239 g/mol. The molecule has 3 nitrogen and oxygen atoms in total. The highest BCUT2D eigenvalue weighted by atomic mass is 19.3. The van der Waals surface area contributed by atoms with E-state index < -0.39 is 12.5 Å². The summed E-state index contributed by atoms with van der Waals surface area (Å²) in [5, 5.41) is 8.59. The van der Waals surface area contributed by atoms with E-state index in [2.05, 4.69) is 4.74 Å². The quantitative estimate of drug-likeness (QED) is 0.742. The highest BCUT2D eigenvalue weighted by Crippen LogP contribution is 2.22. The van der Waals surface area contributed by atoms with Crippen LogP contribution in [0.1, 0.15) is 23.7 Å². The number of hydrogen-bond acceptors (Lipinski definition) is 3. The largest absolute Gasteiger partial charge is 0.434 e. The molecule has 1 aromatic rings. The molecule has 0 radical (unpaired) electrons. The van der Waals surface area contributed by atoms with Crippen LogP contribution in [-0.2, 0) is 0 Å². The van der Waals surface area contributed by atoms with Gasteiger partial charge in [0.05, 0.1) is 17.6 Å². The number of carbonyl (C=O) groups is 1. The van der Waals surface area contributed by atoms with Crippen LogP contribution in [0.2, 0.25) is 0 Å². The lowest BCUT2D eigenvalue weighted by Gasteiger charge is -2.09. The van der Waals surface area contributed by atoms with Crippen LogP contribution in [0.3, 0.4) is 0 Å². The molecule has 0 heterocycles. The summed E-state index contributed by atoms with van der Waals surface area (Å²) in [6.45, 7) is -1.38. The number of ether oxygens (including phenoxy) is 1. The molecule has 0 bridgehead atoms. The van der Waals surface area contributed by atoms with E-state index in [1.54, 1.807) is 13.0 Å². The number of carbonyl (C=O) groups excluding carboxylic acids is 1. The van der Waals surface area contributed by atoms with Crippen LogP contribution >= 0.6 is 0 Å². The Hall–Kier alpha value is -1.96. The second-order valence-electron chi connectivity index (χ2n) is 3.53. The average Bonchev–Trinajstić information content (AvgIpc) is 2.28. The lowest BCUT2D eigenvalue weighted by atomic mass is 10.0. The van der Waals surface area contributed by atoms with Crippen LogP contribution in [0.15, 0.2) is 24.3 Å². The Kier molecular flexibility index (Phi) is 4.58. The van der Waals surface area contributed by atoms with Crippen molar-refractivity contribution >= 4 is 5.78 Å². The Morgan fingerprint density at radius 3 is 2.71 bits per heavy atom. The van der Waals surface area contributed by atoms with Gasteiger partial charge in [0, 0.05) is 6.42 Å². The van der Waals surface area contributed by atoms with Crippen LogP contribution < -0.4 is 4.74 Å². The molecule has 0 N–H and O–H groups in total. The molecule has 0 aromatic heterocycles. The first-order chi connectivity index (χ1) is 8.04. The van der Waals surface area contributed by atoms with Gasteiger partial charge in [0.25, 0.3) is 0 Å². The molecule has 5 heteroatoms. The zero-order chi connectivity index (χ0) is 12.8. The van der Waals surface area contributed by atoms with Crippen molar-refractivity contribution in [1.29, 1.82) is 5.26 Å². The van der Waals surface area contributed by atoms with Crippen LogP contribution in [-0.4, -0.2) is 12.4 Å². The van der Waals surface area contributed by atoms with E-state index in [4.69, 9.17) is 5.26 Å². The summed E-state index contributed by atoms with van der Waals surface area (Å²) in [7, 11) is 0. The topological polar surface area (TPSA) is 50.1 Å². The summed E-state index contributed by atoms with van der Waals surface area (Å²) in [5.74, 6) is -0.991. The molecule has 0 fully saturated rings. The number of para-hydroxylation sites is 1. The van der Waals surface area contributed by atoms with Gasteiger partial charge in [-0.1, -0.05) is 12.1 Å². The molecule has 0 saturated heterocycles. The fraction of sp³-hybridized carbons (Fsp3) is 0.333. The third-order valence-corrected chi connectivity index (χ3v) is 2.12. The SMILES string of the molecule is CC(C#N)CC(=O)c1ccccc1OC(F)F. The number of halogens is 2. The molecule has 0 spiro atoms.